The Kier molecular flexibility index (Phi) is 6.88. The molecular weight excluding hydrogens is 572 g/mol. The quantitative estimate of drug-likeness (QED) is 0.196. The summed E-state index contributed by atoms with van der Waals surface area (Å²) in [4.78, 5) is 25.6. The van der Waals surface area contributed by atoms with Crippen molar-refractivity contribution in [2.24, 2.45) is 7.05 Å². The van der Waals surface area contributed by atoms with Gasteiger partial charge in [0.1, 0.15) is 17.0 Å². The number of H-pyrrole nitrogens is 1. The molecule has 5 rings (SSSR count). The molecule has 12 nitrogen and oxygen atoms in total. The van der Waals surface area contributed by atoms with Crippen LogP contribution in [0.2, 0.25) is 0 Å². The molecule has 0 unspecified atom stereocenters. The lowest BCUT2D eigenvalue weighted by atomic mass is 10.0. The van der Waals surface area contributed by atoms with E-state index in [1.807, 2.05) is 0 Å². The molecule has 0 aliphatic heterocycles. The average Bonchev–Trinajstić information content (AvgIpc) is 3.41. The fourth-order valence-corrected chi connectivity index (χ4v) is 5.93. The second-order valence-corrected chi connectivity index (χ2v) is 12.8. The van der Waals surface area contributed by atoms with E-state index in [0.29, 0.717) is 22.0 Å². The highest BCUT2D eigenvalue weighted by Gasteiger charge is 2.20. The van der Waals surface area contributed by atoms with E-state index in [0.717, 1.165) is 30.5 Å². The molecule has 0 spiro atoms. The van der Waals surface area contributed by atoms with Crippen molar-refractivity contribution >= 4 is 42.1 Å². The lowest BCUT2D eigenvalue weighted by Gasteiger charge is -2.15. The molecule has 14 heteroatoms. The van der Waals surface area contributed by atoms with Crippen LogP contribution in [-0.4, -0.2) is 37.6 Å². The van der Waals surface area contributed by atoms with Crippen molar-refractivity contribution < 1.29 is 26.5 Å². The minimum Gasteiger partial charge on any atom is -0.457 e. The lowest BCUT2D eigenvalue weighted by Crippen LogP contribution is -2.16. The van der Waals surface area contributed by atoms with Crippen molar-refractivity contribution in [1.29, 1.82) is 0 Å². The number of aromatic amines is 1. The largest absolute Gasteiger partial charge is 0.457 e. The number of rotatable bonds is 8. The Morgan fingerprint density at radius 2 is 1.63 bits per heavy atom. The maximum Gasteiger partial charge on any atom is 0.274 e. The van der Waals surface area contributed by atoms with E-state index < -0.39 is 24.8 Å². The van der Waals surface area contributed by atoms with Crippen molar-refractivity contribution in [3.05, 3.63) is 106 Å². The molecule has 5 aromatic rings. The molecular formula is C27H22N4O8S2. The Labute approximate surface area is 234 Å². The number of aryl methyl sites for hydroxylation is 1. The summed E-state index contributed by atoms with van der Waals surface area (Å²) in [6.07, 6.45) is 4.28. The van der Waals surface area contributed by atoms with Crippen LogP contribution in [0.15, 0.2) is 99.8 Å². The Morgan fingerprint density at radius 3 is 2.32 bits per heavy atom. The van der Waals surface area contributed by atoms with E-state index >= 15 is 0 Å². The van der Waals surface area contributed by atoms with Gasteiger partial charge in [0, 0.05) is 60.4 Å². The zero-order valence-corrected chi connectivity index (χ0v) is 23.2. The van der Waals surface area contributed by atoms with Gasteiger partial charge in [-0.25, -0.2) is 16.8 Å². The number of hydrogen-bond donors (Lipinski definition) is 2. The van der Waals surface area contributed by atoms with Gasteiger partial charge in [0.25, 0.3) is 21.3 Å². The van der Waals surface area contributed by atoms with E-state index in [1.165, 1.54) is 34.9 Å². The van der Waals surface area contributed by atoms with Crippen LogP contribution in [-0.2, 0) is 26.9 Å². The summed E-state index contributed by atoms with van der Waals surface area (Å²) in [7, 11) is -6.09. The first kappa shape index (κ1) is 27.6. The number of non-ortho nitro benzene ring substituents is 1. The van der Waals surface area contributed by atoms with Crippen LogP contribution in [0.1, 0.15) is 0 Å². The molecule has 2 aromatic heterocycles. The van der Waals surface area contributed by atoms with Crippen molar-refractivity contribution in [3.63, 3.8) is 0 Å². The first-order valence-corrected chi connectivity index (χ1v) is 15.3. The van der Waals surface area contributed by atoms with Crippen LogP contribution in [0, 0.1) is 10.1 Å². The third-order valence-corrected chi connectivity index (χ3v) is 8.74. The monoisotopic (exact) mass is 594 g/mol. The maximum atomic E-state index is 12.9. The molecule has 2 N–H and O–H groups in total. The topological polar surface area (TPSA) is 170 Å². The molecule has 0 bridgehead atoms. The summed E-state index contributed by atoms with van der Waals surface area (Å²) in [5.41, 5.74) is 0.924. The highest BCUT2D eigenvalue weighted by molar-refractivity contribution is 7.92. The number of nitrogens with zero attached hydrogens (tertiary/aromatic N) is 2. The molecule has 210 valence electrons. The van der Waals surface area contributed by atoms with Gasteiger partial charge in [-0.2, -0.15) is 0 Å². The number of nitro groups is 1. The molecule has 0 aliphatic rings. The molecule has 0 atom stereocenters. The standard InChI is InChI=1S/C27H22N4O8S2/c1-30-16-24(22-12-13-28-26(22)27(30)32)23-15-21(40(2,35)36)10-11-25(23)39-19-5-3-4-17(14-19)29-41(37,38)20-8-6-18(7-9-20)31(33)34/h3-16,28-29H,1-2H3. The molecule has 0 amide bonds. The first-order chi connectivity index (χ1) is 19.3. The van der Waals surface area contributed by atoms with Gasteiger partial charge in [-0.05, 0) is 48.5 Å². The van der Waals surface area contributed by atoms with Crippen LogP contribution in [0.3, 0.4) is 0 Å². The molecule has 3 aromatic carbocycles. The summed E-state index contributed by atoms with van der Waals surface area (Å²) < 4.78 is 60.4. The smallest absolute Gasteiger partial charge is 0.274 e. The third-order valence-electron chi connectivity index (χ3n) is 6.24. The van der Waals surface area contributed by atoms with Crippen LogP contribution < -0.4 is 15.0 Å². The average molecular weight is 595 g/mol. The number of sulfone groups is 1. The van der Waals surface area contributed by atoms with Crippen LogP contribution >= 0.6 is 0 Å². The van der Waals surface area contributed by atoms with Crippen molar-refractivity contribution in [2.75, 3.05) is 11.0 Å². The predicted molar refractivity (Wildman–Crippen MR) is 153 cm³/mol. The summed E-state index contributed by atoms with van der Waals surface area (Å²) in [5, 5.41) is 11.4. The zero-order valence-electron chi connectivity index (χ0n) is 21.6. The summed E-state index contributed by atoms with van der Waals surface area (Å²) in [6.45, 7) is 0. The Morgan fingerprint density at radius 1 is 0.927 bits per heavy atom. The van der Waals surface area contributed by atoms with E-state index in [4.69, 9.17) is 4.74 Å². The normalized spacial score (nSPS) is 11.9. The Hall–Kier alpha value is -4.95. The molecule has 0 saturated heterocycles. The van der Waals surface area contributed by atoms with Gasteiger partial charge in [0.2, 0.25) is 0 Å². The minimum atomic E-state index is -4.08. The highest BCUT2D eigenvalue weighted by Crippen LogP contribution is 2.38. The number of pyridine rings is 1. The number of nitrogens with one attached hydrogen (secondary N) is 2. The zero-order chi connectivity index (χ0) is 29.5. The summed E-state index contributed by atoms with van der Waals surface area (Å²) in [6, 6.07) is 16.6. The van der Waals surface area contributed by atoms with Crippen LogP contribution in [0.25, 0.3) is 22.0 Å². The van der Waals surface area contributed by atoms with Crippen molar-refractivity contribution in [3.8, 4) is 22.6 Å². The summed E-state index contributed by atoms with van der Waals surface area (Å²) >= 11 is 0. The summed E-state index contributed by atoms with van der Waals surface area (Å²) in [5.74, 6) is 0.492. The maximum absolute atomic E-state index is 12.9. The number of sulfonamides is 1. The van der Waals surface area contributed by atoms with Gasteiger partial charge < -0.3 is 14.3 Å². The van der Waals surface area contributed by atoms with Gasteiger partial charge in [-0.15, -0.1) is 0 Å². The molecule has 41 heavy (non-hydrogen) atoms. The Bertz CT molecular complexity index is 2100. The third kappa shape index (κ3) is 5.55. The molecule has 0 aliphatic carbocycles. The SMILES string of the molecule is Cn1cc(-c2cc(S(C)(=O)=O)ccc2Oc2cccc(NS(=O)(=O)c3ccc([N+](=O)[O-])cc3)c2)c2cc[nH]c2c1=O. The molecule has 0 saturated carbocycles. The number of anilines is 1. The van der Waals surface area contributed by atoms with Crippen LogP contribution in [0.4, 0.5) is 11.4 Å². The number of hydrogen-bond acceptors (Lipinski definition) is 8. The first-order valence-electron chi connectivity index (χ1n) is 11.9. The van der Waals surface area contributed by atoms with Crippen molar-refractivity contribution in [1.82, 2.24) is 9.55 Å². The van der Waals surface area contributed by atoms with Crippen molar-refractivity contribution in [2.45, 2.75) is 9.79 Å². The highest BCUT2D eigenvalue weighted by atomic mass is 32.2. The molecule has 0 radical (unpaired) electrons. The van der Waals surface area contributed by atoms with Gasteiger partial charge in [-0.3, -0.25) is 19.6 Å². The fraction of sp³-hybridized carbons (Fsp3) is 0.0741. The number of nitro benzene ring substituents is 1. The Balaban J connectivity index is 1.53. The fourth-order valence-electron chi connectivity index (χ4n) is 4.23. The van der Waals surface area contributed by atoms with Gasteiger partial charge >= 0.3 is 0 Å². The number of ether oxygens (including phenoxy) is 1. The van der Waals surface area contributed by atoms with E-state index in [-0.39, 0.29) is 38.2 Å². The van der Waals surface area contributed by atoms with Gasteiger partial charge in [0.15, 0.2) is 9.84 Å². The number of benzene rings is 3. The molecule has 0 fully saturated rings. The number of aromatic nitrogens is 2. The van der Waals surface area contributed by atoms with E-state index in [1.54, 1.807) is 37.6 Å². The second kappa shape index (κ2) is 10.2. The second-order valence-electron chi connectivity index (χ2n) is 9.14. The lowest BCUT2D eigenvalue weighted by molar-refractivity contribution is -0.384. The van der Waals surface area contributed by atoms with Gasteiger partial charge in [0.05, 0.1) is 20.4 Å². The minimum absolute atomic E-state index is 0.0435. The van der Waals surface area contributed by atoms with E-state index in [9.17, 15) is 31.7 Å². The van der Waals surface area contributed by atoms with Crippen LogP contribution in [0.5, 0.6) is 11.5 Å². The van der Waals surface area contributed by atoms with Gasteiger partial charge in [-0.1, -0.05) is 6.07 Å². The molecule has 2 heterocycles. The predicted octanol–water partition coefficient (Wildman–Crippen LogP) is 4.44. The van der Waals surface area contributed by atoms with E-state index in [2.05, 4.69) is 9.71 Å². The number of fused-ring (bicyclic) bond motifs is 1.